The Balaban J connectivity index is 2.58. The fourth-order valence-corrected chi connectivity index (χ4v) is 2.19. The molecule has 0 aliphatic rings. The second-order valence-electron chi connectivity index (χ2n) is 2.00. The number of carbonyl (C=O) groups is 1. The van der Waals surface area contributed by atoms with Crippen LogP contribution >= 0.6 is 23.1 Å². The summed E-state index contributed by atoms with van der Waals surface area (Å²) in [6, 6.07) is 1.65. The van der Waals surface area contributed by atoms with E-state index in [0.29, 0.717) is 10.8 Å². The zero-order chi connectivity index (χ0) is 8.97. The van der Waals surface area contributed by atoms with Crippen LogP contribution in [0.1, 0.15) is 9.67 Å². The van der Waals surface area contributed by atoms with Gasteiger partial charge in [-0.2, -0.15) is 0 Å². The summed E-state index contributed by atoms with van der Waals surface area (Å²) in [5.41, 5.74) is 0. The second-order valence-corrected chi connectivity index (χ2v) is 3.91. The molecule has 0 aliphatic carbocycles. The van der Waals surface area contributed by atoms with Crippen molar-refractivity contribution in [1.29, 1.82) is 0 Å². The van der Waals surface area contributed by atoms with Gasteiger partial charge in [0, 0.05) is 17.4 Å². The van der Waals surface area contributed by atoms with E-state index < -0.39 is 5.97 Å². The average molecular weight is 204 g/mol. The van der Waals surface area contributed by atoms with Crippen molar-refractivity contribution in [3.63, 3.8) is 0 Å². The Bertz CT molecular complexity index is 269. The third-order valence-corrected chi connectivity index (χ3v) is 3.12. The van der Waals surface area contributed by atoms with Gasteiger partial charge in [0.25, 0.3) is 0 Å². The van der Waals surface area contributed by atoms with Crippen LogP contribution in [0.5, 0.6) is 0 Å². The Kier molecular flexibility index (Phi) is 3.58. The lowest BCUT2D eigenvalue weighted by atomic mass is 10.5. The molecule has 1 aromatic rings. The van der Waals surface area contributed by atoms with Gasteiger partial charge in [0.05, 0.1) is 5.94 Å². The van der Waals surface area contributed by atoms with Crippen LogP contribution in [-0.2, 0) is 4.74 Å². The highest BCUT2D eigenvalue weighted by Crippen LogP contribution is 2.24. The van der Waals surface area contributed by atoms with Crippen molar-refractivity contribution in [2.75, 3.05) is 13.0 Å². The molecule has 0 spiro atoms. The van der Waals surface area contributed by atoms with Gasteiger partial charge in [-0.25, -0.2) is 4.79 Å². The van der Waals surface area contributed by atoms with E-state index in [9.17, 15) is 4.79 Å². The topological polar surface area (TPSA) is 46.5 Å². The van der Waals surface area contributed by atoms with Crippen LogP contribution in [0.25, 0.3) is 0 Å². The van der Waals surface area contributed by atoms with E-state index in [1.165, 1.54) is 23.1 Å². The minimum absolute atomic E-state index is 0.369. The number of thioether (sulfide) groups is 1. The Hall–Kier alpha value is -0.520. The predicted octanol–water partition coefficient (Wildman–Crippen LogP) is 2.14. The number of ether oxygens (including phenoxy) is 1. The van der Waals surface area contributed by atoms with E-state index in [0.717, 1.165) is 4.90 Å². The lowest BCUT2D eigenvalue weighted by Gasteiger charge is -1.93. The van der Waals surface area contributed by atoms with Crippen LogP contribution in [0.15, 0.2) is 16.3 Å². The number of aromatic carboxylic acids is 1. The molecule has 1 N–H and O–H groups in total. The quantitative estimate of drug-likeness (QED) is 0.603. The molecule has 0 saturated carbocycles. The predicted molar refractivity (Wildman–Crippen MR) is 49.0 cm³/mol. The summed E-state index contributed by atoms with van der Waals surface area (Å²) < 4.78 is 4.84. The van der Waals surface area contributed by atoms with Gasteiger partial charge >= 0.3 is 5.97 Å². The van der Waals surface area contributed by atoms with Crippen molar-refractivity contribution in [1.82, 2.24) is 0 Å². The van der Waals surface area contributed by atoms with Crippen molar-refractivity contribution in [2.45, 2.75) is 4.90 Å². The van der Waals surface area contributed by atoms with Crippen LogP contribution in [0, 0.1) is 0 Å². The van der Waals surface area contributed by atoms with Crippen molar-refractivity contribution in [3.8, 4) is 0 Å². The summed E-state index contributed by atoms with van der Waals surface area (Å²) in [6.45, 7) is 0. The van der Waals surface area contributed by atoms with Crippen LogP contribution < -0.4 is 0 Å². The molecule has 0 bridgehead atoms. The highest BCUT2D eigenvalue weighted by atomic mass is 32.2. The standard InChI is InChI=1S/C7H8O3S2/c1-10-4-12-5-2-6(7(8)9)11-3-5/h2-3H,4H2,1H3,(H,8,9). The van der Waals surface area contributed by atoms with Gasteiger partial charge in [-0.1, -0.05) is 11.8 Å². The van der Waals surface area contributed by atoms with Crippen LogP contribution in [0.4, 0.5) is 0 Å². The maximum absolute atomic E-state index is 10.5. The van der Waals surface area contributed by atoms with Gasteiger partial charge in [-0.3, -0.25) is 0 Å². The van der Waals surface area contributed by atoms with Crippen LogP contribution in [0.2, 0.25) is 0 Å². The molecule has 12 heavy (non-hydrogen) atoms. The molecule has 0 fully saturated rings. The molecule has 5 heteroatoms. The van der Waals surface area contributed by atoms with E-state index in [4.69, 9.17) is 9.84 Å². The number of carboxylic acids is 1. The van der Waals surface area contributed by atoms with Crippen LogP contribution in [0.3, 0.4) is 0 Å². The molecule has 0 amide bonds. The van der Waals surface area contributed by atoms with Crippen molar-refractivity contribution >= 4 is 29.1 Å². The van der Waals surface area contributed by atoms with Crippen molar-refractivity contribution in [2.24, 2.45) is 0 Å². The number of hydrogen-bond acceptors (Lipinski definition) is 4. The molecular formula is C7H8O3S2. The molecule has 66 valence electrons. The number of hydrogen-bond donors (Lipinski definition) is 1. The summed E-state index contributed by atoms with van der Waals surface area (Å²) in [6.07, 6.45) is 0. The Morgan fingerprint density at radius 2 is 2.58 bits per heavy atom. The van der Waals surface area contributed by atoms with Gasteiger partial charge in [0.15, 0.2) is 0 Å². The van der Waals surface area contributed by atoms with Crippen molar-refractivity contribution < 1.29 is 14.6 Å². The Morgan fingerprint density at radius 1 is 1.83 bits per heavy atom. The van der Waals surface area contributed by atoms with Gasteiger partial charge in [0.1, 0.15) is 4.88 Å². The molecule has 0 radical (unpaired) electrons. The number of carboxylic acid groups (broad SMARTS) is 1. The summed E-state index contributed by atoms with van der Waals surface area (Å²) >= 11 is 2.72. The third kappa shape index (κ3) is 2.51. The van der Waals surface area contributed by atoms with E-state index >= 15 is 0 Å². The molecule has 0 aromatic carbocycles. The first kappa shape index (κ1) is 9.57. The maximum atomic E-state index is 10.5. The lowest BCUT2D eigenvalue weighted by Crippen LogP contribution is -1.89. The van der Waals surface area contributed by atoms with Gasteiger partial charge in [-0.05, 0) is 6.07 Å². The number of rotatable bonds is 4. The molecule has 1 heterocycles. The smallest absolute Gasteiger partial charge is 0.345 e. The lowest BCUT2D eigenvalue weighted by molar-refractivity contribution is 0.0702. The van der Waals surface area contributed by atoms with E-state index in [1.807, 2.05) is 5.38 Å². The van der Waals surface area contributed by atoms with E-state index in [2.05, 4.69) is 0 Å². The Morgan fingerprint density at radius 3 is 3.08 bits per heavy atom. The molecule has 1 rings (SSSR count). The minimum Gasteiger partial charge on any atom is -0.477 e. The highest BCUT2D eigenvalue weighted by molar-refractivity contribution is 7.99. The third-order valence-electron chi connectivity index (χ3n) is 1.13. The molecule has 0 saturated heterocycles. The summed E-state index contributed by atoms with van der Waals surface area (Å²) in [7, 11) is 1.61. The minimum atomic E-state index is -0.871. The SMILES string of the molecule is COCSc1csc(C(=O)O)c1. The summed E-state index contributed by atoms with van der Waals surface area (Å²) in [5, 5.41) is 10.4. The molecule has 0 unspecified atom stereocenters. The number of methoxy groups -OCH3 is 1. The molecule has 3 nitrogen and oxygen atoms in total. The average Bonchev–Trinajstić information content (AvgIpc) is 2.48. The van der Waals surface area contributed by atoms with Gasteiger partial charge in [0.2, 0.25) is 0 Å². The normalized spacial score (nSPS) is 10.1. The highest BCUT2D eigenvalue weighted by Gasteiger charge is 2.06. The zero-order valence-electron chi connectivity index (χ0n) is 6.44. The monoisotopic (exact) mass is 204 g/mol. The van der Waals surface area contributed by atoms with Crippen LogP contribution in [-0.4, -0.2) is 24.1 Å². The second kappa shape index (κ2) is 4.49. The molecular weight excluding hydrogens is 196 g/mol. The number of thiophene rings is 1. The Labute approximate surface area is 78.4 Å². The first-order chi connectivity index (χ1) is 5.74. The summed E-state index contributed by atoms with van der Waals surface area (Å²) in [4.78, 5) is 11.8. The zero-order valence-corrected chi connectivity index (χ0v) is 8.08. The first-order valence-electron chi connectivity index (χ1n) is 3.17. The van der Waals surface area contributed by atoms with E-state index in [-0.39, 0.29) is 0 Å². The van der Waals surface area contributed by atoms with Crippen molar-refractivity contribution in [3.05, 3.63) is 16.3 Å². The van der Waals surface area contributed by atoms with E-state index in [1.54, 1.807) is 13.2 Å². The fraction of sp³-hybridized carbons (Fsp3) is 0.286. The molecule has 0 atom stereocenters. The largest absolute Gasteiger partial charge is 0.477 e. The van der Waals surface area contributed by atoms with Gasteiger partial charge in [-0.15, -0.1) is 11.3 Å². The fourth-order valence-electron chi connectivity index (χ4n) is 0.634. The van der Waals surface area contributed by atoms with Gasteiger partial charge < -0.3 is 9.84 Å². The maximum Gasteiger partial charge on any atom is 0.345 e. The first-order valence-corrected chi connectivity index (χ1v) is 5.04. The summed E-state index contributed by atoms with van der Waals surface area (Å²) in [5.74, 6) is -0.320. The molecule has 1 aromatic heterocycles. The molecule has 0 aliphatic heterocycles.